The summed E-state index contributed by atoms with van der Waals surface area (Å²) in [7, 11) is 0.423. The Morgan fingerprint density at radius 2 is 1.76 bits per heavy atom. The van der Waals surface area contributed by atoms with E-state index in [1.165, 1.54) is 0 Å². The van der Waals surface area contributed by atoms with Gasteiger partial charge in [-0.3, -0.25) is 0 Å². The van der Waals surface area contributed by atoms with E-state index in [1.54, 1.807) is 4.31 Å². The fourth-order valence-electron chi connectivity index (χ4n) is 3.10. The molecule has 0 aromatic heterocycles. The molecule has 1 N–H and O–H groups in total. The molecular weight excluding hydrogens is 286 g/mol. The van der Waals surface area contributed by atoms with Crippen LogP contribution >= 0.6 is 0 Å². The Balaban J connectivity index is 2.45. The minimum Gasteiger partial charge on any atom is -0.388 e. The maximum atomic E-state index is 13.0. The van der Waals surface area contributed by atoms with Crippen molar-refractivity contribution in [2.45, 2.75) is 31.7 Å². The second kappa shape index (κ2) is 5.94. The lowest BCUT2D eigenvalue weighted by atomic mass is 10.1. The first-order valence-corrected chi connectivity index (χ1v) is 8.70. The monoisotopic (exact) mass is 311 g/mol. The highest BCUT2D eigenvalue weighted by molar-refractivity contribution is 7.89. The molecule has 1 aliphatic heterocycles. The van der Waals surface area contributed by atoms with E-state index in [-0.39, 0.29) is 6.04 Å². The average Bonchev–Trinajstić information content (AvgIpc) is 2.36. The third-order valence-electron chi connectivity index (χ3n) is 4.09. The van der Waals surface area contributed by atoms with Gasteiger partial charge in [0, 0.05) is 38.4 Å². The lowest BCUT2D eigenvalue weighted by molar-refractivity contribution is 0.170. The number of hydrogen-bond acceptors (Lipinski definition) is 4. The maximum Gasteiger partial charge on any atom is 0.243 e. The molecule has 0 spiro atoms. The molecule has 1 heterocycles. The lowest BCUT2D eigenvalue weighted by Gasteiger charge is -2.37. The van der Waals surface area contributed by atoms with Crippen LogP contribution in [0.3, 0.4) is 0 Å². The Hall–Kier alpha value is -1.11. The molecule has 6 heteroatoms. The van der Waals surface area contributed by atoms with Gasteiger partial charge in [0.15, 0.2) is 0 Å². The van der Waals surface area contributed by atoms with Gasteiger partial charge in [-0.1, -0.05) is 0 Å². The van der Waals surface area contributed by atoms with Crippen molar-refractivity contribution in [2.75, 3.05) is 39.0 Å². The predicted octanol–water partition coefficient (Wildman–Crippen LogP) is 1.67. The number of piperazine rings is 1. The quantitative estimate of drug-likeness (QED) is 0.922. The van der Waals surface area contributed by atoms with Crippen molar-refractivity contribution in [1.82, 2.24) is 9.21 Å². The zero-order valence-electron chi connectivity index (χ0n) is 13.5. The van der Waals surface area contributed by atoms with E-state index in [0.717, 1.165) is 29.9 Å². The molecule has 118 valence electrons. The number of sulfonamides is 1. The summed E-state index contributed by atoms with van der Waals surface area (Å²) in [6, 6.07) is 3.78. The summed E-state index contributed by atoms with van der Waals surface area (Å²) in [6.07, 6.45) is 0. The van der Waals surface area contributed by atoms with Gasteiger partial charge in [-0.2, -0.15) is 4.31 Å². The van der Waals surface area contributed by atoms with Gasteiger partial charge in [-0.05, 0) is 51.1 Å². The molecule has 0 radical (unpaired) electrons. The molecule has 1 unspecified atom stereocenters. The minimum absolute atomic E-state index is 0.00322. The smallest absolute Gasteiger partial charge is 0.243 e. The third kappa shape index (κ3) is 3.07. The average molecular weight is 311 g/mol. The normalized spacial score (nSPS) is 21.5. The van der Waals surface area contributed by atoms with Crippen LogP contribution in [0.15, 0.2) is 17.0 Å². The summed E-state index contributed by atoms with van der Waals surface area (Å²) >= 11 is 0. The molecule has 0 aliphatic carbocycles. The second-order valence-electron chi connectivity index (χ2n) is 5.92. The molecule has 1 fully saturated rings. The minimum atomic E-state index is -3.44. The summed E-state index contributed by atoms with van der Waals surface area (Å²) in [5.41, 5.74) is 2.53. The highest BCUT2D eigenvalue weighted by atomic mass is 32.2. The van der Waals surface area contributed by atoms with Gasteiger partial charge in [0.05, 0.1) is 4.90 Å². The highest BCUT2D eigenvalue weighted by Gasteiger charge is 2.34. The molecule has 0 amide bonds. The van der Waals surface area contributed by atoms with Crippen molar-refractivity contribution in [1.29, 1.82) is 0 Å². The number of benzene rings is 1. The number of aryl methyl sites for hydroxylation is 2. The van der Waals surface area contributed by atoms with Crippen LogP contribution in [-0.2, 0) is 10.0 Å². The Kier molecular flexibility index (Phi) is 4.60. The first-order valence-electron chi connectivity index (χ1n) is 7.26. The Morgan fingerprint density at radius 1 is 1.19 bits per heavy atom. The SMILES string of the molecule is CNc1cc(C)c(S(=O)(=O)N2CCN(C)CC2C)c(C)c1. The number of nitrogens with zero attached hydrogens (tertiary/aromatic N) is 2. The zero-order chi connectivity index (χ0) is 15.8. The van der Waals surface area contributed by atoms with Crippen molar-refractivity contribution in [2.24, 2.45) is 0 Å². The van der Waals surface area contributed by atoms with Crippen LogP contribution in [-0.4, -0.2) is 57.4 Å². The summed E-state index contributed by atoms with van der Waals surface area (Å²) < 4.78 is 27.7. The van der Waals surface area contributed by atoms with Gasteiger partial charge >= 0.3 is 0 Å². The largest absolute Gasteiger partial charge is 0.388 e. The summed E-state index contributed by atoms with van der Waals surface area (Å²) in [6.45, 7) is 7.79. The molecular formula is C15H25N3O2S. The molecule has 21 heavy (non-hydrogen) atoms. The number of hydrogen-bond donors (Lipinski definition) is 1. The number of anilines is 1. The molecule has 1 aliphatic rings. The van der Waals surface area contributed by atoms with E-state index >= 15 is 0 Å². The van der Waals surface area contributed by atoms with E-state index in [2.05, 4.69) is 10.2 Å². The number of nitrogens with one attached hydrogen (secondary N) is 1. The van der Waals surface area contributed by atoms with Crippen LogP contribution in [0.2, 0.25) is 0 Å². The van der Waals surface area contributed by atoms with Crippen molar-refractivity contribution in [3.05, 3.63) is 23.3 Å². The highest BCUT2D eigenvalue weighted by Crippen LogP contribution is 2.29. The zero-order valence-corrected chi connectivity index (χ0v) is 14.3. The summed E-state index contributed by atoms with van der Waals surface area (Å²) in [5, 5.41) is 3.07. The van der Waals surface area contributed by atoms with Crippen molar-refractivity contribution in [3.63, 3.8) is 0 Å². The molecule has 0 bridgehead atoms. The van der Waals surface area contributed by atoms with Crippen molar-refractivity contribution in [3.8, 4) is 0 Å². The van der Waals surface area contributed by atoms with Gasteiger partial charge in [-0.25, -0.2) is 8.42 Å². The first kappa shape index (κ1) is 16.3. The van der Waals surface area contributed by atoms with Gasteiger partial charge in [0.25, 0.3) is 0 Å². The molecule has 1 saturated heterocycles. The van der Waals surface area contributed by atoms with Crippen LogP contribution in [0.1, 0.15) is 18.1 Å². The fraction of sp³-hybridized carbons (Fsp3) is 0.600. The van der Waals surface area contributed by atoms with E-state index in [1.807, 2.05) is 47.0 Å². The molecule has 1 aromatic carbocycles. The van der Waals surface area contributed by atoms with Crippen LogP contribution < -0.4 is 5.32 Å². The van der Waals surface area contributed by atoms with Gasteiger partial charge in [0.2, 0.25) is 10.0 Å². The van der Waals surface area contributed by atoms with Crippen LogP contribution in [0, 0.1) is 13.8 Å². The predicted molar refractivity (Wildman–Crippen MR) is 86.3 cm³/mol. The first-order chi connectivity index (χ1) is 9.77. The van der Waals surface area contributed by atoms with Gasteiger partial charge in [0.1, 0.15) is 0 Å². The van der Waals surface area contributed by atoms with Crippen LogP contribution in [0.5, 0.6) is 0 Å². The topological polar surface area (TPSA) is 52.7 Å². The molecule has 1 atom stereocenters. The van der Waals surface area contributed by atoms with Gasteiger partial charge < -0.3 is 10.2 Å². The van der Waals surface area contributed by atoms with E-state index in [0.29, 0.717) is 11.4 Å². The van der Waals surface area contributed by atoms with Crippen LogP contribution in [0.4, 0.5) is 5.69 Å². The molecule has 2 rings (SSSR count). The van der Waals surface area contributed by atoms with Crippen LogP contribution in [0.25, 0.3) is 0 Å². The molecule has 1 aromatic rings. The maximum absolute atomic E-state index is 13.0. The summed E-state index contributed by atoms with van der Waals surface area (Å²) in [4.78, 5) is 2.62. The van der Waals surface area contributed by atoms with E-state index < -0.39 is 10.0 Å². The fourth-order valence-corrected chi connectivity index (χ4v) is 5.13. The lowest BCUT2D eigenvalue weighted by Crippen LogP contribution is -2.52. The third-order valence-corrected chi connectivity index (χ3v) is 6.41. The standard InChI is InChI=1S/C15H25N3O2S/c1-11-8-14(16-4)9-12(2)15(11)21(19,20)18-7-6-17(5)10-13(18)3/h8-9,13,16H,6-7,10H2,1-5H3. The summed E-state index contributed by atoms with van der Waals surface area (Å²) in [5.74, 6) is 0. The second-order valence-corrected chi connectivity index (χ2v) is 7.74. The van der Waals surface area contributed by atoms with Crippen molar-refractivity contribution < 1.29 is 8.42 Å². The number of likely N-dealkylation sites (N-methyl/N-ethyl adjacent to an activating group) is 1. The van der Waals surface area contributed by atoms with Gasteiger partial charge in [-0.15, -0.1) is 0 Å². The number of rotatable bonds is 3. The molecule has 0 saturated carbocycles. The Bertz CT molecular complexity index is 605. The van der Waals surface area contributed by atoms with E-state index in [4.69, 9.17) is 0 Å². The Labute approximate surface area is 128 Å². The molecule has 5 nitrogen and oxygen atoms in total. The van der Waals surface area contributed by atoms with E-state index in [9.17, 15) is 8.42 Å². The Morgan fingerprint density at radius 3 is 2.24 bits per heavy atom. The van der Waals surface area contributed by atoms with Crippen molar-refractivity contribution >= 4 is 15.7 Å².